The van der Waals surface area contributed by atoms with Crippen LogP contribution in [0.1, 0.15) is 30.0 Å². The van der Waals surface area contributed by atoms with Crippen LogP contribution >= 0.6 is 0 Å². The third-order valence-corrected chi connectivity index (χ3v) is 4.95. The van der Waals surface area contributed by atoms with E-state index in [9.17, 15) is 9.18 Å². The summed E-state index contributed by atoms with van der Waals surface area (Å²) in [6, 6.07) is 3.68. The van der Waals surface area contributed by atoms with Gasteiger partial charge < -0.3 is 9.64 Å². The molecule has 3 heterocycles. The Kier molecular flexibility index (Phi) is 4.15. The Morgan fingerprint density at radius 1 is 1.44 bits per heavy atom. The Balaban J connectivity index is 1.49. The molecule has 4 rings (SSSR count). The van der Waals surface area contributed by atoms with Crippen LogP contribution in [0.5, 0.6) is 5.75 Å². The zero-order valence-corrected chi connectivity index (χ0v) is 14.1. The Bertz CT molecular complexity index is 758. The molecule has 0 spiro atoms. The topological polar surface area (TPSA) is 60.2 Å². The van der Waals surface area contributed by atoms with Crippen LogP contribution < -0.4 is 4.74 Å². The molecule has 25 heavy (non-hydrogen) atoms. The molecule has 1 aliphatic heterocycles. The molecule has 2 aromatic heterocycles. The van der Waals surface area contributed by atoms with Crippen molar-refractivity contribution >= 4 is 5.91 Å². The van der Waals surface area contributed by atoms with Crippen molar-refractivity contribution in [2.24, 2.45) is 13.0 Å². The van der Waals surface area contributed by atoms with E-state index >= 15 is 0 Å². The number of aromatic nitrogens is 3. The number of alkyl halides is 1. The standard InChI is InChI=1S/C18H21FN4O2/c1-22-8-13-9-23(18(24)12-5-15(19)6-12)10-14(17(13)21-22)11-25-16-3-2-4-20-7-16/h2-4,7-8,12,14-15H,5-6,9-11H2,1H3/t12?,14-,15?/m1/s1. The van der Waals surface area contributed by atoms with E-state index in [0.29, 0.717) is 38.3 Å². The summed E-state index contributed by atoms with van der Waals surface area (Å²) in [4.78, 5) is 18.5. The molecule has 1 fully saturated rings. The van der Waals surface area contributed by atoms with Crippen LogP contribution in [0.4, 0.5) is 4.39 Å². The van der Waals surface area contributed by atoms with E-state index in [1.165, 1.54) is 0 Å². The first-order valence-electron chi connectivity index (χ1n) is 8.58. The van der Waals surface area contributed by atoms with Crippen LogP contribution in [0.25, 0.3) is 0 Å². The average molecular weight is 344 g/mol. The highest BCUT2D eigenvalue weighted by atomic mass is 19.1. The molecule has 6 nitrogen and oxygen atoms in total. The van der Waals surface area contributed by atoms with Crippen LogP contribution in [0.3, 0.4) is 0 Å². The van der Waals surface area contributed by atoms with Gasteiger partial charge in [0.15, 0.2) is 0 Å². The number of hydrogen-bond acceptors (Lipinski definition) is 4. The minimum absolute atomic E-state index is 0.00430. The predicted molar refractivity (Wildman–Crippen MR) is 88.7 cm³/mol. The fourth-order valence-electron chi connectivity index (χ4n) is 3.58. The molecule has 2 aliphatic rings. The molecule has 0 radical (unpaired) electrons. The normalized spacial score (nSPS) is 25.2. The maximum absolute atomic E-state index is 13.1. The number of aryl methyl sites for hydroxylation is 1. The molecule has 1 aliphatic carbocycles. The van der Waals surface area contributed by atoms with Gasteiger partial charge in [0.05, 0.1) is 24.4 Å². The fraction of sp³-hybridized carbons (Fsp3) is 0.500. The Morgan fingerprint density at radius 3 is 3.00 bits per heavy atom. The van der Waals surface area contributed by atoms with Crippen LogP contribution in [-0.4, -0.2) is 44.9 Å². The lowest BCUT2D eigenvalue weighted by Gasteiger charge is -2.37. The van der Waals surface area contributed by atoms with E-state index in [1.54, 1.807) is 17.1 Å². The van der Waals surface area contributed by atoms with Crippen molar-refractivity contribution in [2.45, 2.75) is 31.5 Å². The van der Waals surface area contributed by atoms with Gasteiger partial charge in [0.25, 0.3) is 0 Å². The molecule has 2 aromatic rings. The molecule has 0 bridgehead atoms. The Morgan fingerprint density at radius 2 is 2.28 bits per heavy atom. The second-order valence-corrected chi connectivity index (χ2v) is 6.89. The van der Waals surface area contributed by atoms with Crippen LogP contribution in [0.2, 0.25) is 0 Å². The fourth-order valence-corrected chi connectivity index (χ4v) is 3.58. The molecule has 0 saturated heterocycles. The van der Waals surface area contributed by atoms with Crippen molar-refractivity contribution in [1.82, 2.24) is 19.7 Å². The van der Waals surface area contributed by atoms with E-state index in [1.807, 2.05) is 30.3 Å². The maximum Gasteiger partial charge on any atom is 0.226 e. The SMILES string of the molecule is Cn1cc2c(n1)[C@@H](COc1cccnc1)CN(C(=O)C1CC(F)C1)C2. The summed E-state index contributed by atoms with van der Waals surface area (Å²) in [5, 5.41) is 4.55. The maximum atomic E-state index is 13.1. The third-order valence-electron chi connectivity index (χ3n) is 4.95. The Labute approximate surface area is 145 Å². The highest BCUT2D eigenvalue weighted by Gasteiger charge is 2.40. The number of ether oxygens (including phenoxy) is 1. The van der Waals surface area contributed by atoms with E-state index in [-0.39, 0.29) is 17.7 Å². The smallest absolute Gasteiger partial charge is 0.226 e. The number of pyridine rings is 1. The second-order valence-electron chi connectivity index (χ2n) is 6.89. The van der Waals surface area contributed by atoms with Gasteiger partial charge in [0.1, 0.15) is 11.9 Å². The van der Waals surface area contributed by atoms with Gasteiger partial charge in [-0.25, -0.2) is 4.39 Å². The van der Waals surface area contributed by atoms with E-state index in [2.05, 4.69) is 10.1 Å². The number of rotatable bonds is 4. The van der Waals surface area contributed by atoms with E-state index < -0.39 is 6.17 Å². The Hall–Kier alpha value is -2.44. The summed E-state index contributed by atoms with van der Waals surface area (Å²) < 4.78 is 20.7. The summed E-state index contributed by atoms with van der Waals surface area (Å²) in [5.41, 5.74) is 2.02. The number of halogens is 1. The van der Waals surface area contributed by atoms with Gasteiger partial charge in [-0.05, 0) is 25.0 Å². The zero-order valence-electron chi connectivity index (χ0n) is 14.1. The van der Waals surface area contributed by atoms with Gasteiger partial charge in [-0.1, -0.05) is 0 Å². The lowest BCUT2D eigenvalue weighted by molar-refractivity contribution is -0.141. The second kappa shape index (κ2) is 6.46. The highest BCUT2D eigenvalue weighted by molar-refractivity contribution is 5.80. The predicted octanol–water partition coefficient (Wildman–Crippen LogP) is 2.07. The quantitative estimate of drug-likeness (QED) is 0.852. The first-order valence-corrected chi connectivity index (χ1v) is 8.58. The lowest BCUT2D eigenvalue weighted by Crippen LogP contribution is -2.46. The summed E-state index contributed by atoms with van der Waals surface area (Å²) in [5.74, 6) is 0.570. The molecule has 0 N–H and O–H groups in total. The minimum atomic E-state index is -0.822. The van der Waals surface area contributed by atoms with Gasteiger partial charge in [-0.2, -0.15) is 5.10 Å². The summed E-state index contributed by atoms with van der Waals surface area (Å²) in [6.45, 7) is 1.52. The van der Waals surface area contributed by atoms with Crippen molar-refractivity contribution in [3.05, 3.63) is 42.0 Å². The van der Waals surface area contributed by atoms with Crippen molar-refractivity contribution in [3.63, 3.8) is 0 Å². The monoisotopic (exact) mass is 344 g/mol. The third kappa shape index (κ3) is 3.23. The van der Waals surface area contributed by atoms with Crippen LogP contribution in [-0.2, 0) is 18.4 Å². The van der Waals surface area contributed by atoms with Crippen molar-refractivity contribution in [1.29, 1.82) is 0 Å². The molecular weight excluding hydrogens is 323 g/mol. The van der Waals surface area contributed by atoms with Crippen LogP contribution in [0.15, 0.2) is 30.7 Å². The molecule has 0 unspecified atom stereocenters. The number of hydrogen-bond donors (Lipinski definition) is 0. The van der Waals surface area contributed by atoms with Crippen molar-refractivity contribution in [2.75, 3.05) is 13.2 Å². The zero-order chi connectivity index (χ0) is 17.4. The van der Waals surface area contributed by atoms with Gasteiger partial charge in [0.2, 0.25) is 5.91 Å². The molecule has 0 aromatic carbocycles. The largest absolute Gasteiger partial charge is 0.491 e. The molecule has 1 atom stereocenters. The van der Waals surface area contributed by atoms with E-state index in [0.717, 1.165) is 11.3 Å². The van der Waals surface area contributed by atoms with Crippen molar-refractivity contribution < 1.29 is 13.9 Å². The number of carbonyl (C=O) groups excluding carboxylic acids is 1. The van der Waals surface area contributed by atoms with Gasteiger partial charge >= 0.3 is 0 Å². The van der Waals surface area contributed by atoms with Gasteiger partial charge in [-0.3, -0.25) is 14.5 Å². The first-order chi connectivity index (χ1) is 12.1. The minimum Gasteiger partial charge on any atom is -0.491 e. The molecule has 132 valence electrons. The lowest BCUT2D eigenvalue weighted by atomic mass is 9.81. The summed E-state index contributed by atoms with van der Waals surface area (Å²) in [7, 11) is 1.88. The summed E-state index contributed by atoms with van der Waals surface area (Å²) in [6.07, 6.45) is 5.20. The van der Waals surface area contributed by atoms with E-state index in [4.69, 9.17) is 4.74 Å². The number of nitrogens with zero attached hydrogens (tertiary/aromatic N) is 4. The average Bonchev–Trinajstić information content (AvgIpc) is 2.97. The molecule has 7 heteroatoms. The highest BCUT2D eigenvalue weighted by Crippen LogP contribution is 2.35. The van der Waals surface area contributed by atoms with Gasteiger partial charge in [0, 0.05) is 44.0 Å². The number of fused-ring (bicyclic) bond motifs is 1. The van der Waals surface area contributed by atoms with Gasteiger partial charge in [-0.15, -0.1) is 0 Å². The van der Waals surface area contributed by atoms with Crippen molar-refractivity contribution in [3.8, 4) is 5.75 Å². The number of amides is 1. The summed E-state index contributed by atoms with van der Waals surface area (Å²) >= 11 is 0. The van der Waals surface area contributed by atoms with Crippen LogP contribution in [0, 0.1) is 5.92 Å². The molecule has 1 amide bonds. The number of carbonyl (C=O) groups is 1. The molecular formula is C18H21FN4O2. The molecule has 1 saturated carbocycles. The first kappa shape index (κ1) is 16.1.